The van der Waals surface area contributed by atoms with Crippen molar-refractivity contribution in [3.8, 4) is 5.75 Å². The molecule has 0 aliphatic rings. The molecule has 2 heteroatoms. The first-order valence-electron chi connectivity index (χ1n) is 7.72. The third-order valence-corrected chi connectivity index (χ3v) is 3.19. The number of hydrogen-bond acceptors (Lipinski definition) is 2. The van der Waals surface area contributed by atoms with Gasteiger partial charge in [-0.05, 0) is 44.0 Å². The van der Waals surface area contributed by atoms with Crippen molar-refractivity contribution in [2.75, 3.05) is 13.1 Å². The quantitative estimate of drug-likeness (QED) is 0.639. The molecule has 1 atom stereocenters. The topological polar surface area (TPSA) is 21.3 Å². The lowest BCUT2D eigenvalue weighted by Gasteiger charge is -2.15. The molecule has 1 rings (SSSR count). The van der Waals surface area contributed by atoms with Gasteiger partial charge in [0, 0.05) is 6.54 Å². The van der Waals surface area contributed by atoms with E-state index in [0.29, 0.717) is 0 Å². The Kier molecular flexibility index (Phi) is 8.31. The Balaban J connectivity index is 2.22. The van der Waals surface area contributed by atoms with Crippen LogP contribution in [0.2, 0.25) is 0 Å². The molecule has 1 unspecified atom stereocenters. The van der Waals surface area contributed by atoms with Gasteiger partial charge in [0.25, 0.3) is 0 Å². The van der Waals surface area contributed by atoms with Gasteiger partial charge >= 0.3 is 0 Å². The van der Waals surface area contributed by atoms with E-state index in [2.05, 4.69) is 50.4 Å². The fraction of sp³-hybridized carbons (Fsp3) is 0.647. The van der Waals surface area contributed by atoms with Crippen molar-refractivity contribution in [2.24, 2.45) is 0 Å². The number of ether oxygens (including phenoxy) is 1. The van der Waals surface area contributed by atoms with Gasteiger partial charge in [0.05, 0.1) is 0 Å². The Bertz CT molecular complexity index is 321. The van der Waals surface area contributed by atoms with Crippen molar-refractivity contribution >= 4 is 0 Å². The van der Waals surface area contributed by atoms with E-state index in [0.717, 1.165) is 25.3 Å². The van der Waals surface area contributed by atoms with Crippen molar-refractivity contribution < 1.29 is 4.74 Å². The van der Waals surface area contributed by atoms with E-state index < -0.39 is 0 Å². The van der Waals surface area contributed by atoms with Crippen molar-refractivity contribution in [1.29, 1.82) is 0 Å². The molecule has 0 saturated heterocycles. The number of rotatable bonds is 10. The normalized spacial score (nSPS) is 12.4. The number of hydrogen-bond donors (Lipinski definition) is 1. The molecule has 1 aromatic carbocycles. The summed E-state index contributed by atoms with van der Waals surface area (Å²) in [6, 6.07) is 8.50. The lowest BCUT2D eigenvalue weighted by Crippen LogP contribution is -2.29. The molecule has 1 aromatic rings. The number of unbranched alkanes of at least 4 members (excludes halogenated alkanes) is 2. The minimum Gasteiger partial charge on any atom is -0.489 e. The summed E-state index contributed by atoms with van der Waals surface area (Å²) in [5.74, 6) is 0.975. The molecule has 0 spiro atoms. The maximum atomic E-state index is 5.89. The van der Waals surface area contributed by atoms with E-state index >= 15 is 0 Å². The predicted molar refractivity (Wildman–Crippen MR) is 82.9 cm³/mol. The van der Waals surface area contributed by atoms with E-state index in [-0.39, 0.29) is 6.10 Å². The van der Waals surface area contributed by atoms with E-state index in [1.807, 2.05) is 0 Å². The van der Waals surface area contributed by atoms with Gasteiger partial charge < -0.3 is 10.1 Å². The molecule has 1 N–H and O–H groups in total. The van der Waals surface area contributed by atoms with E-state index in [1.165, 1.54) is 31.2 Å². The summed E-state index contributed by atoms with van der Waals surface area (Å²) in [6.45, 7) is 8.56. The lowest BCUT2D eigenvalue weighted by molar-refractivity contribution is 0.217. The Labute approximate surface area is 118 Å². The van der Waals surface area contributed by atoms with Crippen LogP contribution in [0.25, 0.3) is 0 Å². The third kappa shape index (κ3) is 7.22. The summed E-state index contributed by atoms with van der Waals surface area (Å²) in [6.07, 6.45) is 6.40. The highest BCUT2D eigenvalue weighted by Gasteiger charge is 2.03. The van der Waals surface area contributed by atoms with Crippen molar-refractivity contribution in [3.05, 3.63) is 29.8 Å². The zero-order valence-corrected chi connectivity index (χ0v) is 12.7. The Hall–Kier alpha value is -1.02. The first kappa shape index (κ1) is 16.0. The van der Waals surface area contributed by atoms with Crippen LogP contribution in [0.5, 0.6) is 5.75 Å². The number of aryl methyl sites for hydroxylation is 1. The number of benzene rings is 1. The van der Waals surface area contributed by atoms with Crippen molar-refractivity contribution in [1.82, 2.24) is 5.32 Å². The zero-order valence-electron chi connectivity index (χ0n) is 12.7. The Morgan fingerprint density at radius 1 is 1.05 bits per heavy atom. The van der Waals surface area contributed by atoms with Crippen LogP contribution in [0, 0.1) is 0 Å². The van der Waals surface area contributed by atoms with Crippen LogP contribution in [0.15, 0.2) is 24.3 Å². The largest absolute Gasteiger partial charge is 0.489 e. The molecule has 0 bridgehead atoms. The van der Waals surface area contributed by atoms with Crippen LogP contribution in [-0.2, 0) is 6.42 Å². The molecule has 0 heterocycles. The summed E-state index contributed by atoms with van der Waals surface area (Å²) in [4.78, 5) is 0. The van der Waals surface area contributed by atoms with Gasteiger partial charge in [0.15, 0.2) is 0 Å². The summed E-state index contributed by atoms with van der Waals surface area (Å²) < 4.78 is 5.89. The van der Waals surface area contributed by atoms with Crippen LogP contribution >= 0.6 is 0 Å². The van der Waals surface area contributed by atoms with Gasteiger partial charge in [-0.25, -0.2) is 0 Å². The molecule has 0 saturated carbocycles. The van der Waals surface area contributed by atoms with Crippen LogP contribution < -0.4 is 10.1 Å². The maximum Gasteiger partial charge on any atom is 0.119 e. The highest BCUT2D eigenvalue weighted by atomic mass is 16.5. The van der Waals surface area contributed by atoms with Gasteiger partial charge in [0.2, 0.25) is 0 Å². The fourth-order valence-electron chi connectivity index (χ4n) is 2.10. The minimum atomic E-state index is 0.221. The van der Waals surface area contributed by atoms with Crippen LogP contribution in [0.4, 0.5) is 0 Å². The van der Waals surface area contributed by atoms with Gasteiger partial charge in [-0.2, -0.15) is 0 Å². The monoisotopic (exact) mass is 263 g/mol. The molecular formula is C17H29NO. The predicted octanol–water partition coefficient (Wildman–Crippen LogP) is 4.19. The average molecular weight is 263 g/mol. The second-order valence-electron chi connectivity index (χ2n) is 5.23. The van der Waals surface area contributed by atoms with Crippen LogP contribution in [0.1, 0.15) is 52.0 Å². The Morgan fingerprint density at radius 3 is 2.42 bits per heavy atom. The van der Waals surface area contributed by atoms with Crippen molar-refractivity contribution in [3.63, 3.8) is 0 Å². The number of nitrogens with one attached hydrogen (secondary N) is 1. The molecule has 108 valence electrons. The fourth-order valence-corrected chi connectivity index (χ4v) is 2.10. The first-order chi connectivity index (χ1) is 9.26. The molecule has 0 fully saturated rings. The lowest BCUT2D eigenvalue weighted by atomic mass is 10.1. The Morgan fingerprint density at radius 2 is 1.79 bits per heavy atom. The molecular weight excluding hydrogens is 234 g/mol. The third-order valence-electron chi connectivity index (χ3n) is 3.19. The van der Waals surface area contributed by atoms with Gasteiger partial charge in [-0.3, -0.25) is 0 Å². The molecule has 0 amide bonds. The molecule has 0 aliphatic heterocycles. The molecule has 0 aliphatic carbocycles. The summed E-state index contributed by atoms with van der Waals surface area (Å²) in [7, 11) is 0. The van der Waals surface area contributed by atoms with Crippen molar-refractivity contribution in [2.45, 2.75) is 59.0 Å². The van der Waals surface area contributed by atoms with E-state index in [4.69, 9.17) is 4.74 Å². The summed E-state index contributed by atoms with van der Waals surface area (Å²) >= 11 is 0. The minimum absolute atomic E-state index is 0.221. The highest BCUT2D eigenvalue weighted by molar-refractivity contribution is 5.27. The smallest absolute Gasteiger partial charge is 0.119 e. The summed E-state index contributed by atoms with van der Waals surface area (Å²) in [5, 5.41) is 3.45. The first-order valence-corrected chi connectivity index (χ1v) is 7.72. The van der Waals surface area contributed by atoms with Crippen LogP contribution in [0.3, 0.4) is 0 Å². The average Bonchev–Trinajstić information content (AvgIpc) is 2.41. The van der Waals surface area contributed by atoms with Gasteiger partial charge in [-0.1, -0.05) is 45.2 Å². The highest BCUT2D eigenvalue weighted by Crippen LogP contribution is 2.14. The van der Waals surface area contributed by atoms with E-state index in [9.17, 15) is 0 Å². The second-order valence-corrected chi connectivity index (χ2v) is 5.23. The maximum absolute atomic E-state index is 5.89. The summed E-state index contributed by atoms with van der Waals surface area (Å²) in [5.41, 5.74) is 1.39. The van der Waals surface area contributed by atoms with E-state index in [1.54, 1.807) is 0 Å². The van der Waals surface area contributed by atoms with Gasteiger partial charge in [0.1, 0.15) is 11.9 Å². The molecule has 0 aromatic heterocycles. The molecule has 2 nitrogen and oxygen atoms in total. The van der Waals surface area contributed by atoms with Gasteiger partial charge in [-0.15, -0.1) is 0 Å². The molecule has 19 heavy (non-hydrogen) atoms. The SMILES string of the molecule is CCCCCNCC(C)Oc1ccc(CCC)cc1. The van der Waals surface area contributed by atoms with Crippen LogP contribution in [-0.4, -0.2) is 19.2 Å². The molecule has 0 radical (unpaired) electrons. The second kappa shape index (κ2) is 9.85. The standard InChI is InChI=1S/C17H29NO/c1-4-6-7-13-18-14-15(3)19-17-11-9-16(8-5-2)10-12-17/h9-12,15,18H,4-8,13-14H2,1-3H3. The zero-order chi connectivity index (χ0) is 13.9.